The van der Waals surface area contributed by atoms with Crippen molar-refractivity contribution in [1.82, 2.24) is 4.90 Å². The van der Waals surface area contributed by atoms with Gasteiger partial charge in [-0.05, 0) is 49.3 Å². The summed E-state index contributed by atoms with van der Waals surface area (Å²) in [6.45, 7) is 0.770. The van der Waals surface area contributed by atoms with Crippen molar-refractivity contribution in [3.8, 4) is 10.6 Å². The SMILES string of the molecule is COC1CCC2(OC)CCN(C(=O)CCc3ccc(-c4cccs4)o3)C2C1. The van der Waals surface area contributed by atoms with Gasteiger partial charge in [0.05, 0.1) is 22.6 Å². The van der Waals surface area contributed by atoms with Gasteiger partial charge in [0, 0.05) is 33.6 Å². The molecule has 3 heterocycles. The first-order valence-electron chi connectivity index (χ1n) is 9.65. The third-order valence-electron chi connectivity index (χ3n) is 6.21. The number of hydrogen-bond donors (Lipinski definition) is 0. The van der Waals surface area contributed by atoms with E-state index in [9.17, 15) is 4.79 Å². The van der Waals surface area contributed by atoms with Gasteiger partial charge in [0.15, 0.2) is 0 Å². The number of nitrogens with zero attached hydrogens (tertiary/aromatic N) is 1. The quantitative estimate of drug-likeness (QED) is 0.746. The van der Waals surface area contributed by atoms with Crippen molar-refractivity contribution in [3.63, 3.8) is 0 Å². The Morgan fingerprint density at radius 2 is 2.22 bits per heavy atom. The molecule has 2 aromatic rings. The van der Waals surface area contributed by atoms with Crippen LogP contribution >= 0.6 is 11.3 Å². The summed E-state index contributed by atoms with van der Waals surface area (Å²) in [6, 6.07) is 8.14. The fourth-order valence-electron chi connectivity index (χ4n) is 4.61. The van der Waals surface area contributed by atoms with Gasteiger partial charge in [-0.25, -0.2) is 0 Å². The highest BCUT2D eigenvalue weighted by atomic mass is 32.1. The van der Waals surface area contributed by atoms with E-state index < -0.39 is 0 Å². The molecule has 1 saturated carbocycles. The number of furan rings is 1. The van der Waals surface area contributed by atoms with Crippen LogP contribution < -0.4 is 0 Å². The van der Waals surface area contributed by atoms with Gasteiger partial charge < -0.3 is 18.8 Å². The molecule has 3 unspecified atom stereocenters. The van der Waals surface area contributed by atoms with E-state index in [0.717, 1.165) is 48.6 Å². The zero-order valence-electron chi connectivity index (χ0n) is 16.0. The predicted molar refractivity (Wildman–Crippen MR) is 105 cm³/mol. The molecule has 0 bridgehead atoms. The minimum absolute atomic E-state index is 0.118. The van der Waals surface area contributed by atoms with Gasteiger partial charge in [-0.3, -0.25) is 4.79 Å². The van der Waals surface area contributed by atoms with E-state index in [0.29, 0.717) is 12.8 Å². The van der Waals surface area contributed by atoms with Crippen molar-refractivity contribution < 1.29 is 18.7 Å². The van der Waals surface area contributed by atoms with Gasteiger partial charge in [0.1, 0.15) is 11.5 Å². The number of thiophene rings is 1. The van der Waals surface area contributed by atoms with Crippen LogP contribution in [0.15, 0.2) is 34.1 Å². The fraction of sp³-hybridized carbons (Fsp3) is 0.571. The zero-order valence-corrected chi connectivity index (χ0v) is 16.8. The molecule has 2 aromatic heterocycles. The molecular formula is C21H27NO4S. The van der Waals surface area contributed by atoms with Crippen LogP contribution in [-0.4, -0.2) is 49.3 Å². The summed E-state index contributed by atoms with van der Waals surface area (Å²) < 4.78 is 17.4. The second-order valence-electron chi connectivity index (χ2n) is 7.50. The third-order valence-corrected chi connectivity index (χ3v) is 7.09. The van der Waals surface area contributed by atoms with Crippen molar-refractivity contribution in [2.24, 2.45) is 0 Å². The van der Waals surface area contributed by atoms with E-state index in [1.54, 1.807) is 25.6 Å². The highest BCUT2D eigenvalue weighted by Crippen LogP contribution is 2.43. The van der Waals surface area contributed by atoms with Crippen molar-refractivity contribution >= 4 is 17.2 Å². The van der Waals surface area contributed by atoms with Crippen LogP contribution in [0.5, 0.6) is 0 Å². The van der Waals surface area contributed by atoms with Crippen LogP contribution in [-0.2, 0) is 20.7 Å². The Kier molecular flexibility index (Phi) is 5.39. The van der Waals surface area contributed by atoms with Crippen molar-refractivity contribution in [3.05, 3.63) is 35.4 Å². The van der Waals surface area contributed by atoms with Crippen LogP contribution in [0.4, 0.5) is 0 Å². The Morgan fingerprint density at radius 3 is 2.96 bits per heavy atom. The number of hydrogen-bond acceptors (Lipinski definition) is 5. The molecule has 0 radical (unpaired) electrons. The number of rotatable bonds is 6. The smallest absolute Gasteiger partial charge is 0.223 e. The Labute approximate surface area is 164 Å². The predicted octanol–water partition coefficient (Wildman–Crippen LogP) is 4.13. The summed E-state index contributed by atoms with van der Waals surface area (Å²) in [5, 5.41) is 2.04. The summed E-state index contributed by atoms with van der Waals surface area (Å²) in [4.78, 5) is 16.1. The van der Waals surface area contributed by atoms with E-state index in [1.165, 1.54) is 0 Å². The van der Waals surface area contributed by atoms with Gasteiger partial charge in [-0.1, -0.05) is 6.07 Å². The molecular weight excluding hydrogens is 362 g/mol. The molecule has 1 saturated heterocycles. The first-order chi connectivity index (χ1) is 13.1. The number of ether oxygens (including phenoxy) is 2. The summed E-state index contributed by atoms with van der Waals surface area (Å²) >= 11 is 1.66. The van der Waals surface area contributed by atoms with Crippen molar-refractivity contribution in [1.29, 1.82) is 0 Å². The largest absolute Gasteiger partial charge is 0.460 e. The maximum Gasteiger partial charge on any atom is 0.223 e. The maximum atomic E-state index is 13.0. The number of carbonyl (C=O) groups is 1. The molecule has 0 N–H and O–H groups in total. The zero-order chi connectivity index (χ0) is 18.9. The first-order valence-corrected chi connectivity index (χ1v) is 10.5. The number of fused-ring (bicyclic) bond motifs is 1. The molecule has 4 rings (SSSR count). The topological polar surface area (TPSA) is 51.9 Å². The lowest BCUT2D eigenvalue weighted by atomic mass is 9.79. The first kappa shape index (κ1) is 18.7. The molecule has 0 spiro atoms. The van der Waals surface area contributed by atoms with Gasteiger partial charge in [-0.15, -0.1) is 11.3 Å². The van der Waals surface area contributed by atoms with Crippen LogP contribution in [0, 0.1) is 0 Å². The standard InChI is InChI=1S/C21H27NO4S/c1-24-16-9-10-21(25-2)11-12-22(19(21)14-16)20(23)8-6-15-5-7-17(26-15)18-4-3-13-27-18/h3-5,7,13,16,19H,6,8-12,14H2,1-2H3. The molecule has 146 valence electrons. The number of carbonyl (C=O) groups excluding carboxylic acids is 1. The molecule has 5 nitrogen and oxygen atoms in total. The van der Waals surface area contributed by atoms with Crippen LogP contribution in [0.1, 0.15) is 37.9 Å². The van der Waals surface area contributed by atoms with E-state index in [2.05, 4.69) is 0 Å². The molecule has 0 aromatic carbocycles. The summed E-state index contributed by atoms with van der Waals surface area (Å²) in [6.07, 6.45) is 5.04. The van der Waals surface area contributed by atoms with E-state index in [-0.39, 0.29) is 23.7 Å². The van der Waals surface area contributed by atoms with Crippen molar-refractivity contribution in [2.75, 3.05) is 20.8 Å². The van der Waals surface area contributed by atoms with Crippen LogP contribution in [0.3, 0.4) is 0 Å². The Balaban J connectivity index is 1.39. The van der Waals surface area contributed by atoms with Gasteiger partial charge in [0.2, 0.25) is 5.91 Å². The number of amides is 1. The Hall–Kier alpha value is -1.63. The average Bonchev–Trinajstić information content (AvgIpc) is 3.44. The lowest BCUT2D eigenvalue weighted by Crippen LogP contribution is -2.53. The monoisotopic (exact) mass is 389 g/mol. The second-order valence-corrected chi connectivity index (χ2v) is 8.44. The van der Waals surface area contributed by atoms with Gasteiger partial charge >= 0.3 is 0 Å². The molecule has 6 heteroatoms. The van der Waals surface area contributed by atoms with Gasteiger partial charge in [0.25, 0.3) is 0 Å². The minimum atomic E-state index is -0.193. The minimum Gasteiger partial charge on any atom is -0.460 e. The lowest BCUT2D eigenvalue weighted by molar-refractivity contribution is -0.140. The molecule has 1 aliphatic heterocycles. The lowest BCUT2D eigenvalue weighted by Gasteiger charge is -2.43. The molecule has 1 aliphatic carbocycles. The van der Waals surface area contributed by atoms with E-state index in [4.69, 9.17) is 13.9 Å². The summed E-state index contributed by atoms with van der Waals surface area (Å²) in [5.41, 5.74) is -0.193. The Bertz CT molecular complexity index is 771. The fourth-order valence-corrected chi connectivity index (χ4v) is 5.30. The average molecular weight is 390 g/mol. The van der Waals surface area contributed by atoms with Crippen molar-refractivity contribution in [2.45, 2.75) is 56.3 Å². The Morgan fingerprint density at radius 1 is 1.33 bits per heavy atom. The molecule has 3 atom stereocenters. The highest BCUT2D eigenvalue weighted by molar-refractivity contribution is 7.13. The third kappa shape index (κ3) is 3.58. The normalized spacial score (nSPS) is 27.7. The number of likely N-dealkylation sites (tertiary alicyclic amines) is 1. The highest BCUT2D eigenvalue weighted by Gasteiger charge is 2.52. The number of methoxy groups -OCH3 is 2. The molecule has 2 aliphatic rings. The van der Waals surface area contributed by atoms with Gasteiger partial charge in [-0.2, -0.15) is 0 Å². The van der Waals surface area contributed by atoms with E-state index >= 15 is 0 Å². The second kappa shape index (κ2) is 7.78. The number of aryl methyl sites for hydroxylation is 1. The summed E-state index contributed by atoms with van der Waals surface area (Å²) in [7, 11) is 3.54. The van der Waals surface area contributed by atoms with E-state index in [1.807, 2.05) is 34.5 Å². The molecule has 27 heavy (non-hydrogen) atoms. The maximum absolute atomic E-state index is 13.0. The summed E-state index contributed by atoms with van der Waals surface area (Å²) in [5.74, 6) is 1.93. The molecule has 2 fully saturated rings. The van der Waals surface area contributed by atoms with Crippen LogP contribution in [0.25, 0.3) is 10.6 Å². The van der Waals surface area contributed by atoms with Crippen LogP contribution in [0.2, 0.25) is 0 Å². The molecule has 1 amide bonds.